The molecule has 0 aliphatic carbocycles. The molecule has 0 atom stereocenters. The number of nitrogens with one attached hydrogen (secondary N) is 4. The predicted molar refractivity (Wildman–Crippen MR) is 131 cm³/mol. The molecule has 4 N–H and O–H groups in total. The van der Waals surface area contributed by atoms with Crippen LogP contribution in [0, 0.1) is 0 Å². The summed E-state index contributed by atoms with van der Waals surface area (Å²) in [5.41, 5.74) is 2.05. The number of halogens is 1. The van der Waals surface area contributed by atoms with Crippen LogP contribution in [0.5, 0.6) is 5.75 Å². The predicted octanol–water partition coefficient (Wildman–Crippen LogP) is 4.68. The van der Waals surface area contributed by atoms with Crippen molar-refractivity contribution in [2.24, 2.45) is 0 Å². The normalized spacial score (nSPS) is 11.2. The SMILES string of the molecule is COc1ccc(Cl)cc1NC(=O)CNc1ccccc1S(=O)(=O)Nc1ccc2[nH]ccc2c1. The summed E-state index contributed by atoms with van der Waals surface area (Å²) in [6, 6.07) is 18.3. The molecule has 8 nitrogen and oxygen atoms in total. The van der Waals surface area contributed by atoms with Gasteiger partial charge in [-0.25, -0.2) is 8.42 Å². The van der Waals surface area contributed by atoms with Crippen LogP contribution in [0.25, 0.3) is 10.9 Å². The molecule has 170 valence electrons. The van der Waals surface area contributed by atoms with Gasteiger partial charge in [0.25, 0.3) is 10.0 Å². The van der Waals surface area contributed by atoms with Gasteiger partial charge in [0, 0.05) is 27.8 Å². The molecule has 33 heavy (non-hydrogen) atoms. The van der Waals surface area contributed by atoms with Crippen LogP contribution in [0.15, 0.2) is 77.8 Å². The van der Waals surface area contributed by atoms with Gasteiger partial charge in [-0.15, -0.1) is 0 Å². The quantitative estimate of drug-likeness (QED) is 0.290. The van der Waals surface area contributed by atoms with Gasteiger partial charge in [-0.2, -0.15) is 0 Å². The summed E-state index contributed by atoms with van der Waals surface area (Å²) in [6.45, 7) is -0.169. The molecule has 0 fully saturated rings. The smallest absolute Gasteiger partial charge is 0.263 e. The average molecular weight is 485 g/mol. The number of sulfonamides is 1. The van der Waals surface area contributed by atoms with Crippen LogP contribution in [0.3, 0.4) is 0 Å². The summed E-state index contributed by atoms with van der Waals surface area (Å²) < 4.78 is 33.9. The van der Waals surface area contributed by atoms with E-state index in [9.17, 15) is 13.2 Å². The first-order chi connectivity index (χ1) is 15.9. The van der Waals surface area contributed by atoms with Crippen LogP contribution >= 0.6 is 11.6 Å². The third-order valence-corrected chi connectivity index (χ3v) is 6.53. The molecule has 0 saturated carbocycles. The van der Waals surface area contributed by atoms with Crippen molar-refractivity contribution in [1.29, 1.82) is 0 Å². The Hall–Kier alpha value is -3.69. The zero-order valence-corrected chi connectivity index (χ0v) is 19.1. The fourth-order valence-corrected chi connectivity index (χ4v) is 4.73. The Balaban J connectivity index is 1.49. The molecule has 0 unspecified atom stereocenters. The van der Waals surface area contributed by atoms with Crippen molar-refractivity contribution < 1.29 is 17.9 Å². The van der Waals surface area contributed by atoms with E-state index in [1.165, 1.54) is 13.2 Å². The summed E-state index contributed by atoms with van der Waals surface area (Å²) in [7, 11) is -2.43. The number of hydrogen-bond donors (Lipinski definition) is 4. The fraction of sp³-hybridized carbons (Fsp3) is 0.0870. The molecule has 3 aromatic carbocycles. The lowest BCUT2D eigenvalue weighted by molar-refractivity contribution is -0.114. The maximum Gasteiger partial charge on any atom is 0.263 e. The van der Waals surface area contributed by atoms with Crippen LogP contribution in [0.1, 0.15) is 0 Å². The standard InChI is InChI=1S/C23H21ClN4O4S/c1-32-21-9-6-16(24)13-20(21)27-23(29)14-26-19-4-2-3-5-22(19)33(30,31)28-17-7-8-18-15(12-17)10-11-25-18/h2-13,25-26,28H,14H2,1H3,(H,27,29). The molecule has 4 aromatic rings. The summed E-state index contributed by atoms with van der Waals surface area (Å²) in [4.78, 5) is 15.6. The van der Waals surface area contributed by atoms with Gasteiger partial charge in [0.2, 0.25) is 5.91 Å². The first kappa shape index (κ1) is 22.5. The number of para-hydroxylation sites is 1. The third kappa shape index (κ3) is 5.21. The van der Waals surface area contributed by atoms with E-state index < -0.39 is 15.9 Å². The van der Waals surface area contributed by atoms with Crippen LogP contribution in [0.4, 0.5) is 17.1 Å². The highest BCUT2D eigenvalue weighted by atomic mass is 35.5. The summed E-state index contributed by atoms with van der Waals surface area (Å²) in [6.07, 6.45) is 1.78. The summed E-state index contributed by atoms with van der Waals surface area (Å²) in [5, 5.41) is 6.93. The number of benzene rings is 3. The average Bonchev–Trinajstić information content (AvgIpc) is 3.26. The van der Waals surface area contributed by atoms with E-state index in [1.807, 2.05) is 6.07 Å². The van der Waals surface area contributed by atoms with E-state index in [2.05, 4.69) is 20.3 Å². The summed E-state index contributed by atoms with van der Waals surface area (Å²) in [5.74, 6) is 0.0629. The highest BCUT2D eigenvalue weighted by Crippen LogP contribution is 2.28. The molecule has 1 aromatic heterocycles. The number of fused-ring (bicyclic) bond motifs is 1. The van der Waals surface area contributed by atoms with Gasteiger partial charge in [0.1, 0.15) is 10.6 Å². The van der Waals surface area contributed by atoms with Crippen LogP contribution < -0.4 is 20.1 Å². The van der Waals surface area contributed by atoms with Gasteiger partial charge in [0.05, 0.1) is 25.0 Å². The van der Waals surface area contributed by atoms with Crippen molar-refractivity contribution in [2.45, 2.75) is 4.90 Å². The van der Waals surface area contributed by atoms with E-state index >= 15 is 0 Å². The molecule has 0 aliphatic heterocycles. The minimum Gasteiger partial charge on any atom is -0.495 e. The van der Waals surface area contributed by atoms with Gasteiger partial charge < -0.3 is 20.4 Å². The first-order valence-corrected chi connectivity index (χ1v) is 11.8. The largest absolute Gasteiger partial charge is 0.495 e. The lowest BCUT2D eigenvalue weighted by Crippen LogP contribution is -2.23. The maximum absolute atomic E-state index is 13.1. The number of carbonyl (C=O) groups is 1. The molecule has 1 heterocycles. The summed E-state index contributed by atoms with van der Waals surface area (Å²) >= 11 is 6.00. The number of anilines is 3. The van der Waals surface area contributed by atoms with Crippen molar-refractivity contribution >= 4 is 55.5 Å². The third-order valence-electron chi connectivity index (χ3n) is 4.86. The maximum atomic E-state index is 13.1. The minimum atomic E-state index is -3.91. The number of amides is 1. The zero-order valence-electron chi connectivity index (χ0n) is 17.6. The second-order valence-corrected chi connectivity index (χ2v) is 9.21. The number of aromatic amines is 1. The number of aromatic nitrogens is 1. The number of H-pyrrole nitrogens is 1. The lowest BCUT2D eigenvalue weighted by Gasteiger charge is -2.15. The van der Waals surface area contributed by atoms with Crippen LogP contribution in [-0.2, 0) is 14.8 Å². The van der Waals surface area contributed by atoms with E-state index in [4.69, 9.17) is 16.3 Å². The van der Waals surface area contributed by atoms with Crippen molar-refractivity contribution in [3.8, 4) is 5.75 Å². The van der Waals surface area contributed by atoms with Gasteiger partial charge in [-0.05, 0) is 54.6 Å². The Labute approximate surface area is 196 Å². The van der Waals surface area contributed by atoms with Crippen molar-refractivity contribution in [1.82, 2.24) is 4.98 Å². The number of methoxy groups -OCH3 is 1. The molecule has 0 bridgehead atoms. The second-order valence-electron chi connectivity index (χ2n) is 7.13. The first-order valence-electron chi connectivity index (χ1n) is 9.92. The van der Waals surface area contributed by atoms with E-state index in [1.54, 1.807) is 60.8 Å². The second kappa shape index (κ2) is 9.43. The number of hydrogen-bond acceptors (Lipinski definition) is 5. The number of rotatable bonds is 8. The Morgan fingerprint density at radius 2 is 1.85 bits per heavy atom. The molecule has 10 heteroatoms. The Bertz CT molecular complexity index is 1420. The van der Waals surface area contributed by atoms with Gasteiger partial charge in [0.15, 0.2) is 0 Å². The Morgan fingerprint density at radius 3 is 2.67 bits per heavy atom. The number of carbonyl (C=O) groups excluding carboxylic acids is 1. The highest BCUT2D eigenvalue weighted by molar-refractivity contribution is 7.92. The molecule has 0 aliphatic rings. The molecular formula is C23H21ClN4O4S. The van der Waals surface area contributed by atoms with Gasteiger partial charge in [-0.3, -0.25) is 9.52 Å². The minimum absolute atomic E-state index is 0.0206. The molecular weight excluding hydrogens is 464 g/mol. The van der Waals surface area contributed by atoms with Crippen LogP contribution in [0.2, 0.25) is 5.02 Å². The lowest BCUT2D eigenvalue weighted by atomic mass is 10.2. The van der Waals surface area contributed by atoms with Crippen molar-refractivity contribution in [3.05, 3.63) is 77.9 Å². The monoisotopic (exact) mass is 484 g/mol. The molecule has 0 radical (unpaired) electrons. The van der Waals surface area contributed by atoms with Crippen molar-refractivity contribution in [2.75, 3.05) is 29.0 Å². The van der Waals surface area contributed by atoms with E-state index in [0.717, 1.165) is 10.9 Å². The Morgan fingerprint density at radius 1 is 1.03 bits per heavy atom. The van der Waals surface area contributed by atoms with Gasteiger partial charge in [-0.1, -0.05) is 23.7 Å². The van der Waals surface area contributed by atoms with E-state index in [-0.39, 0.29) is 11.4 Å². The zero-order chi connectivity index (χ0) is 23.4. The van der Waals surface area contributed by atoms with Crippen molar-refractivity contribution in [3.63, 3.8) is 0 Å². The highest BCUT2D eigenvalue weighted by Gasteiger charge is 2.19. The van der Waals surface area contributed by atoms with E-state index in [0.29, 0.717) is 27.8 Å². The van der Waals surface area contributed by atoms with Gasteiger partial charge >= 0.3 is 0 Å². The Kier molecular flexibility index (Phi) is 6.43. The fourth-order valence-electron chi connectivity index (χ4n) is 3.32. The molecule has 1 amide bonds. The van der Waals surface area contributed by atoms with Crippen LogP contribution in [-0.4, -0.2) is 33.0 Å². The topological polar surface area (TPSA) is 112 Å². The number of ether oxygens (including phenoxy) is 1. The molecule has 0 spiro atoms. The molecule has 0 saturated heterocycles. The molecule has 4 rings (SSSR count).